The standard InChI is InChI=1S/C10H21NO/c1-4-10(3,9(2)12)11-7-5-6-8-11/h9,12H,4-8H2,1-3H3. The molecule has 2 nitrogen and oxygen atoms in total. The van der Waals surface area contributed by atoms with E-state index in [0.717, 1.165) is 19.5 Å². The van der Waals surface area contributed by atoms with Gasteiger partial charge in [-0.3, -0.25) is 4.90 Å². The Morgan fingerprint density at radius 2 is 1.92 bits per heavy atom. The van der Waals surface area contributed by atoms with Gasteiger partial charge >= 0.3 is 0 Å². The van der Waals surface area contributed by atoms with Crippen LogP contribution in [0.5, 0.6) is 0 Å². The first-order valence-electron chi connectivity index (χ1n) is 5.04. The van der Waals surface area contributed by atoms with Crippen LogP contribution in [0.25, 0.3) is 0 Å². The van der Waals surface area contributed by atoms with E-state index in [9.17, 15) is 5.11 Å². The van der Waals surface area contributed by atoms with Crippen molar-refractivity contribution in [2.24, 2.45) is 0 Å². The van der Waals surface area contributed by atoms with E-state index >= 15 is 0 Å². The van der Waals surface area contributed by atoms with E-state index < -0.39 is 0 Å². The van der Waals surface area contributed by atoms with Gasteiger partial charge in [0.25, 0.3) is 0 Å². The van der Waals surface area contributed by atoms with Crippen molar-refractivity contribution in [2.75, 3.05) is 13.1 Å². The number of likely N-dealkylation sites (tertiary alicyclic amines) is 1. The maximum Gasteiger partial charge on any atom is 0.0692 e. The van der Waals surface area contributed by atoms with E-state index in [-0.39, 0.29) is 11.6 Å². The average molecular weight is 171 g/mol. The van der Waals surface area contributed by atoms with E-state index in [1.54, 1.807) is 0 Å². The Morgan fingerprint density at radius 1 is 1.42 bits per heavy atom. The zero-order valence-electron chi connectivity index (χ0n) is 8.51. The third-order valence-corrected chi connectivity index (χ3v) is 3.44. The summed E-state index contributed by atoms with van der Waals surface area (Å²) in [6.07, 6.45) is 3.40. The van der Waals surface area contributed by atoms with Gasteiger partial charge < -0.3 is 5.11 Å². The fourth-order valence-corrected chi connectivity index (χ4v) is 2.01. The zero-order chi connectivity index (χ0) is 9.19. The smallest absolute Gasteiger partial charge is 0.0692 e. The summed E-state index contributed by atoms with van der Waals surface area (Å²) < 4.78 is 0. The maximum absolute atomic E-state index is 9.69. The van der Waals surface area contributed by atoms with Gasteiger partial charge in [0.2, 0.25) is 0 Å². The van der Waals surface area contributed by atoms with Crippen molar-refractivity contribution < 1.29 is 5.11 Å². The zero-order valence-corrected chi connectivity index (χ0v) is 8.51. The first-order valence-corrected chi connectivity index (χ1v) is 5.04. The SMILES string of the molecule is CCC(C)(C(C)O)N1CCCC1. The summed E-state index contributed by atoms with van der Waals surface area (Å²) in [5, 5.41) is 9.69. The van der Waals surface area contributed by atoms with Gasteiger partial charge in [-0.2, -0.15) is 0 Å². The van der Waals surface area contributed by atoms with E-state index in [1.807, 2.05) is 6.92 Å². The molecule has 2 unspecified atom stereocenters. The van der Waals surface area contributed by atoms with Crippen molar-refractivity contribution in [2.45, 2.75) is 51.7 Å². The Bertz CT molecular complexity index is 141. The predicted molar refractivity (Wildman–Crippen MR) is 51.2 cm³/mol. The van der Waals surface area contributed by atoms with Gasteiger partial charge in [0, 0.05) is 5.54 Å². The molecule has 1 rings (SSSR count). The quantitative estimate of drug-likeness (QED) is 0.697. The van der Waals surface area contributed by atoms with Crippen molar-refractivity contribution in [3.63, 3.8) is 0 Å². The molecule has 12 heavy (non-hydrogen) atoms. The number of hydrogen-bond acceptors (Lipinski definition) is 2. The van der Waals surface area contributed by atoms with E-state index in [2.05, 4.69) is 18.7 Å². The molecule has 0 amide bonds. The highest BCUT2D eigenvalue weighted by Gasteiger charge is 2.35. The molecule has 0 radical (unpaired) electrons. The molecule has 0 saturated carbocycles. The summed E-state index contributed by atoms with van der Waals surface area (Å²) in [5.74, 6) is 0. The summed E-state index contributed by atoms with van der Waals surface area (Å²) in [6.45, 7) is 8.56. The Balaban J connectivity index is 2.64. The van der Waals surface area contributed by atoms with E-state index in [4.69, 9.17) is 0 Å². The van der Waals surface area contributed by atoms with Gasteiger partial charge in [0.1, 0.15) is 0 Å². The number of rotatable bonds is 3. The lowest BCUT2D eigenvalue weighted by Crippen LogP contribution is -2.51. The molecule has 2 atom stereocenters. The minimum Gasteiger partial charge on any atom is -0.391 e. The van der Waals surface area contributed by atoms with Crippen molar-refractivity contribution in [3.05, 3.63) is 0 Å². The van der Waals surface area contributed by atoms with Crippen LogP contribution < -0.4 is 0 Å². The molecule has 0 bridgehead atoms. The van der Waals surface area contributed by atoms with Gasteiger partial charge in [-0.1, -0.05) is 6.92 Å². The molecule has 1 heterocycles. The summed E-state index contributed by atoms with van der Waals surface area (Å²) in [7, 11) is 0. The van der Waals surface area contributed by atoms with Crippen LogP contribution in [0.2, 0.25) is 0 Å². The normalized spacial score (nSPS) is 27.0. The summed E-state index contributed by atoms with van der Waals surface area (Å²) in [5.41, 5.74) is 0.0104. The minimum absolute atomic E-state index is 0.0104. The first kappa shape index (κ1) is 10.0. The van der Waals surface area contributed by atoms with Crippen LogP contribution in [-0.2, 0) is 0 Å². The van der Waals surface area contributed by atoms with Gasteiger partial charge in [-0.25, -0.2) is 0 Å². The lowest BCUT2D eigenvalue weighted by molar-refractivity contribution is -0.00119. The lowest BCUT2D eigenvalue weighted by atomic mass is 9.91. The second-order valence-electron chi connectivity index (χ2n) is 4.08. The van der Waals surface area contributed by atoms with Crippen LogP contribution in [0.4, 0.5) is 0 Å². The molecule has 1 aliphatic heterocycles. The minimum atomic E-state index is -0.222. The Kier molecular flexibility index (Phi) is 3.13. The van der Waals surface area contributed by atoms with Gasteiger partial charge in [-0.15, -0.1) is 0 Å². The molecule has 1 fully saturated rings. The molecular formula is C10H21NO. The molecule has 1 saturated heterocycles. The van der Waals surface area contributed by atoms with Crippen LogP contribution >= 0.6 is 0 Å². The maximum atomic E-state index is 9.69. The molecule has 0 aromatic carbocycles. The largest absolute Gasteiger partial charge is 0.391 e. The molecule has 0 spiro atoms. The fraction of sp³-hybridized carbons (Fsp3) is 1.00. The molecular weight excluding hydrogens is 150 g/mol. The van der Waals surface area contributed by atoms with Crippen LogP contribution in [-0.4, -0.2) is 34.7 Å². The Labute approximate surface area is 75.6 Å². The highest BCUT2D eigenvalue weighted by atomic mass is 16.3. The first-order chi connectivity index (χ1) is 5.61. The number of aliphatic hydroxyl groups excluding tert-OH is 1. The monoisotopic (exact) mass is 171 g/mol. The predicted octanol–water partition coefficient (Wildman–Crippen LogP) is 1.63. The lowest BCUT2D eigenvalue weighted by Gasteiger charge is -2.40. The summed E-state index contributed by atoms with van der Waals surface area (Å²) in [6, 6.07) is 0. The third-order valence-electron chi connectivity index (χ3n) is 3.44. The van der Waals surface area contributed by atoms with Crippen LogP contribution in [0.15, 0.2) is 0 Å². The van der Waals surface area contributed by atoms with Gasteiger partial charge in [0.05, 0.1) is 6.10 Å². The Hall–Kier alpha value is -0.0800. The van der Waals surface area contributed by atoms with Crippen molar-refractivity contribution in [1.29, 1.82) is 0 Å². The van der Waals surface area contributed by atoms with E-state index in [1.165, 1.54) is 12.8 Å². The van der Waals surface area contributed by atoms with Crippen LogP contribution in [0.1, 0.15) is 40.0 Å². The van der Waals surface area contributed by atoms with Crippen molar-refractivity contribution in [3.8, 4) is 0 Å². The fourth-order valence-electron chi connectivity index (χ4n) is 2.01. The number of nitrogens with zero attached hydrogens (tertiary/aromatic N) is 1. The second-order valence-corrected chi connectivity index (χ2v) is 4.08. The summed E-state index contributed by atoms with van der Waals surface area (Å²) >= 11 is 0. The van der Waals surface area contributed by atoms with Gasteiger partial charge in [-0.05, 0) is 46.2 Å². The second kappa shape index (κ2) is 3.75. The van der Waals surface area contributed by atoms with E-state index in [0.29, 0.717) is 0 Å². The molecule has 0 aromatic heterocycles. The molecule has 0 aliphatic carbocycles. The van der Waals surface area contributed by atoms with Crippen LogP contribution in [0.3, 0.4) is 0 Å². The number of aliphatic hydroxyl groups is 1. The topological polar surface area (TPSA) is 23.5 Å². The number of hydrogen-bond donors (Lipinski definition) is 1. The highest BCUT2D eigenvalue weighted by molar-refractivity contribution is 4.91. The van der Waals surface area contributed by atoms with Crippen LogP contribution in [0, 0.1) is 0 Å². The molecule has 2 heteroatoms. The molecule has 1 N–H and O–H groups in total. The third kappa shape index (κ3) is 1.64. The summed E-state index contributed by atoms with van der Waals surface area (Å²) in [4.78, 5) is 2.43. The molecule has 0 aromatic rings. The average Bonchev–Trinajstić information content (AvgIpc) is 2.54. The van der Waals surface area contributed by atoms with Crippen molar-refractivity contribution in [1.82, 2.24) is 4.90 Å². The van der Waals surface area contributed by atoms with Crippen molar-refractivity contribution >= 4 is 0 Å². The highest BCUT2D eigenvalue weighted by Crippen LogP contribution is 2.27. The molecule has 72 valence electrons. The van der Waals surface area contributed by atoms with Gasteiger partial charge in [0.15, 0.2) is 0 Å². The molecule has 1 aliphatic rings. The Morgan fingerprint density at radius 3 is 2.25 bits per heavy atom.